The smallest absolute Gasteiger partial charge is 0.123 e. The van der Waals surface area contributed by atoms with Crippen LogP contribution < -0.4 is 14.8 Å². The van der Waals surface area contributed by atoms with Crippen molar-refractivity contribution in [2.75, 3.05) is 27.4 Å². The molecule has 0 aromatic heterocycles. The SMILES string of the molecule is COc1ccc(OC)c(CNC(C)C2CCOC2)c1. The summed E-state index contributed by atoms with van der Waals surface area (Å²) in [6.45, 7) is 4.74. The van der Waals surface area contributed by atoms with Gasteiger partial charge in [-0.2, -0.15) is 0 Å². The van der Waals surface area contributed by atoms with Crippen molar-refractivity contribution in [2.45, 2.75) is 25.9 Å². The molecular weight excluding hydrogens is 242 g/mol. The Hall–Kier alpha value is -1.26. The van der Waals surface area contributed by atoms with Gasteiger partial charge in [-0.3, -0.25) is 0 Å². The van der Waals surface area contributed by atoms with Gasteiger partial charge in [-0.05, 0) is 37.5 Å². The molecule has 2 rings (SSSR count). The van der Waals surface area contributed by atoms with E-state index in [-0.39, 0.29) is 0 Å². The van der Waals surface area contributed by atoms with E-state index in [1.807, 2.05) is 18.2 Å². The van der Waals surface area contributed by atoms with Crippen molar-refractivity contribution in [3.8, 4) is 11.5 Å². The van der Waals surface area contributed by atoms with Crippen LogP contribution in [0.2, 0.25) is 0 Å². The maximum absolute atomic E-state index is 5.43. The third-order valence-corrected chi connectivity index (χ3v) is 3.77. The van der Waals surface area contributed by atoms with Crippen LogP contribution in [0, 0.1) is 5.92 Å². The van der Waals surface area contributed by atoms with Crippen LogP contribution in [0.5, 0.6) is 11.5 Å². The number of rotatable bonds is 6. The molecule has 0 radical (unpaired) electrons. The normalized spacial score (nSPS) is 20.3. The highest BCUT2D eigenvalue weighted by molar-refractivity contribution is 5.40. The highest BCUT2D eigenvalue weighted by Gasteiger charge is 2.22. The van der Waals surface area contributed by atoms with Crippen LogP contribution in [0.4, 0.5) is 0 Å². The molecule has 0 saturated carbocycles. The maximum atomic E-state index is 5.43. The third-order valence-electron chi connectivity index (χ3n) is 3.77. The molecule has 1 fully saturated rings. The summed E-state index contributed by atoms with van der Waals surface area (Å²) in [5.74, 6) is 2.36. The predicted octanol–water partition coefficient (Wildman–Crippen LogP) is 2.22. The van der Waals surface area contributed by atoms with Crippen LogP contribution in [0.1, 0.15) is 18.9 Å². The largest absolute Gasteiger partial charge is 0.497 e. The first kappa shape index (κ1) is 14.2. The Bertz CT molecular complexity index is 402. The average Bonchev–Trinajstić information content (AvgIpc) is 2.98. The summed E-state index contributed by atoms with van der Waals surface area (Å²) < 4.78 is 16.1. The number of nitrogens with one attached hydrogen (secondary N) is 1. The van der Waals surface area contributed by atoms with Crippen LogP contribution in [-0.4, -0.2) is 33.5 Å². The average molecular weight is 265 g/mol. The fourth-order valence-electron chi connectivity index (χ4n) is 2.40. The fourth-order valence-corrected chi connectivity index (χ4v) is 2.40. The van der Waals surface area contributed by atoms with Crippen molar-refractivity contribution in [2.24, 2.45) is 5.92 Å². The summed E-state index contributed by atoms with van der Waals surface area (Å²) in [5, 5.41) is 3.55. The third kappa shape index (κ3) is 3.61. The standard InChI is InChI=1S/C15H23NO3/c1-11(12-6-7-19-10-12)16-9-13-8-14(17-2)4-5-15(13)18-3/h4-5,8,11-12,16H,6-7,9-10H2,1-3H3. The number of hydrogen-bond donors (Lipinski definition) is 1. The van der Waals surface area contributed by atoms with E-state index in [0.717, 1.165) is 43.2 Å². The highest BCUT2D eigenvalue weighted by Crippen LogP contribution is 2.24. The van der Waals surface area contributed by atoms with Crippen molar-refractivity contribution >= 4 is 0 Å². The van der Waals surface area contributed by atoms with Crippen molar-refractivity contribution in [1.29, 1.82) is 0 Å². The molecule has 0 amide bonds. The number of hydrogen-bond acceptors (Lipinski definition) is 4. The summed E-state index contributed by atoms with van der Waals surface area (Å²) in [5.41, 5.74) is 1.12. The zero-order valence-electron chi connectivity index (χ0n) is 11.9. The van der Waals surface area contributed by atoms with E-state index in [2.05, 4.69) is 12.2 Å². The minimum absolute atomic E-state index is 0.443. The zero-order chi connectivity index (χ0) is 13.7. The van der Waals surface area contributed by atoms with Crippen LogP contribution in [0.15, 0.2) is 18.2 Å². The molecule has 2 atom stereocenters. The summed E-state index contributed by atoms with van der Waals surface area (Å²) >= 11 is 0. The zero-order valence-corrected chi connectivity index (χ0v) is 11.9. The first-order valence-corrected chi connectivity index (χ1v) is 6.76. The molecule has 0 bridgehead atoms. The van der Waals surface area contributed by atoms with Crippen molar-refractivity contribution in [1.82, 2.24) is 5.32 Å². The number of methoxy groups -OCH3 is 2. The summed E-state index contributed by atoms with van der Waals surface area (Å²) in [7, 11) is 3.37. The second kappa shape index (κ2) is 6.78. The van der Waals surface area contributed by atoms with Gasteiger partial charge < -0.3 is 19.5 Å². The van der Waals surface area contributed by atoms with E-state index in [9.17, 15) is 0 Å². The van der Waals surface area contributed by atoms with Gasteiger partial charge in [0.1, 0.15) is 11.5 Å². The van der Waals surface area contributed by atoms with Crippen LogP contribution in [0.3, 0.4) is 0 Å². The molecular formula is C15H23NO3. The maximum Gasteiger partial charge on any atom is 0.123 e. The highest BCUT2D eigenvalue weighted by atomic mass is 16.5. The van der Waals surface area contributed by atoms with Gasteiger partial charge in [-0.25, -0.2) is 0 Å². The molecule has 0 aliphatic carbocycles. The molecule has 1 aromatic carbocycles. The number of ether oxygens (including phenoxy) is 3. The Kier molecular flexibility index (Phi) is 5.05. The Morgan fingerprint density at radius 1 is 1.37 bits per heavy atom. The molecule has 0 spiro atoms. The van der Waals surface area contributed by atoms with Gasteiger partial charge in [0.25, 0.3) is 0 Å². The molecule has 4 nitrogen and oxygen atoms in total. The van der Waals surface area contributed by atoms with Gasteiger partial charge in [-0.1, -0.05) is 0 Å². The molecule has 19 heavy (non-hydrogen) atoms. The molecule has 1 aromatic rings. The van der Waals surface area contributed by atoms with Crippen LogP contribution in [0.25, 0.3) is 0 Å². The van der Waals surface area contributed by atoms with Crippen LogP contribution in [-0.2, 0) is 11.3 Å². The Morgan fingerprint density at radius 2 is 2.21 bits per heavy atom. The second-order valence-electron chi connectivity index (χ2n) is 4.97. The molecule has 1 heterocycles. The molecule has 1 N–H and O–H groups in total. The van der Waals surface area contributed by atoms with E-state index in [4.69, 9.17) is 14.2 Å². The van der Waals surface area contributed by atoms with Gasteiger partial charge in [0.2, 0.25) is 0 Å². The van der Waals surface area contributed by atoms with E-state index >= 15 is 0 Å². The van der Waals surface area contributed by atoms with Gasteiger partial charge in [-0.15, -0.1) is 0 Å². The lowest BCUT2D eigenvalue weighted by atomic mass is 10.0. The van der Waals surface area contributed by atoms with Gasteiger partial charge in [0.05, 0.1) is 20.8 Å². The van der Waals surface area contributed by atoms with Crippen LogP contribution >= 0.6 is 0 Å². The molecule has 106 valence electrons. The number of benzene rings is 1. The Balaban J connectivity index is 1.97. The summed E-state index contributed by atoms with van der Waals surface area (Å²) in [4.78, 5) is 0. The van der Waals surface area contributed by atoms with E-state index in [0.29, 0.717) is 12.0 Å². The predicted molar refractivity (Wildman–Crippen MR) is 74.8 cm³/mol. The van der Waals surface area contributed by atoms with E-state index in [1.165, 1.54) is 0 Å². The first-order chi connectivity index (χ1) is 9.24. The lowest BCUT2D eigenvalue weighted by molar-refractivity contribution is 0.178. The molecule has 1 saturated heterocycles. The second-order valence-corrected chi connectivity index (χ2v) is 4.97. The molecule has 1 aliphatic heterocycles. The first-order valence-electron chi connectivity index (χ1n) is 6.76. The summed E-state index contributed by atoms with van der Waals surface area (Å²) in [6, 6.07) is 6.32. The molecule has 2 unspecified atom stereocenters. The topological polar surface area (TPSA) is 39.7 Å². The van der Waals surface area contributed by atoms with Gasteiger partial charge >= 0.3 is 0 Å². The summed E-state index contributed by atoms with van der Waals surface area (Å²) in [6.07, 6.45) is 1.14. The van der Waals surface area contributed by atoms with E-state index in [1.54, 1.807) is 14.2 Å². The lowest BCUT2D eigenvalue weighted by Gasteiger charge is -2.20. The van der Waals surface area contributed by atoms with Gasteiger partial charge in [0, 0.05) is 24.8 Å². The van der Waals surface area contributed by atoms with Crippen molar-refractivity contribution in [3.05, 3.63) is 23.8 Å². The Labute approximate surface area is 115 Å². The minimum atomic E-state index is 0.443. The van der Waals surface area contributed by atoms with Crippen molar-refractivity contribution in [3.63, 3.8) is 0 Å². The minimum Gasteiger partial charge on any atom is -0.497 e. The molecule has 4 heteroatoms. The van der Waals surface area contributed by atoms with E-state index < -0.39 is 0 Å². The Morgan fingerprint density at radius 3 is 2.84 bits per heavy atom. The van der Waals surface area contributed by atoms with Crippen molar-refractivity contribution < 1.29 is 14.2 Å². The fraction of sp³-hybridized carbons (Fsp3) is 0.600. The molecule has 1 aliphatic rings. The quantitative estimate of drug-likeness (QED) is 0.856. The lowest BCUT2D eigenvalue weighted by Crippen LogP contribution is -2.33. The monoisotopic (exact) mass is 265 g/mol. The van der Waals surface area contributed by atoms with Gasteiger partial charge in [0.15, 0.2) is 0 Å².